The van der Waals surface area contributed by atoms with Gasteiger partial charge in [-0.2, -0.15) is 0 Å². The van der Waals surface area contributed by atoms with Crippen molar-refractivity contribution in [3.8, 4) is 0 Å². The van der Waals surface area contributed by atoms with Crippen molar-refractivity contribution >= 4 is 18.2 Å². The maximum Gasteiger partial charge on any atom is 0.283 e. The summed E-state index contributed by atoms with van der Waals surface area (Å²) in [5.41, 5.74) is 2.70. The highest BCUT2D eigenvalue weighted by atomic mass is 16.2. The Hall–Kier alpha value is -1.87. The highest BCUT2D eigenvalue weighted by Gasteiger charge is 2.10. The summed E-state index contributed by atoms with van der Waals surface area (Å²) in [5.74, 6) is -0.573. The van der Waals surface area contributed by atoms with Crippen LogP contribution in [0.3, 0.4) is 0 Å². The number of aliphatic imine (C=N–C) groups is 1. The summed E-state index contributed by atoms with van der Waals surface area (Å²) in [6.45, 7) is 2.85. The molecule has 104 valence electrons. The first-order chi connectivity index (χ1) is 9.24. The van der Waals surface area contributed by atoms with Gasteiger partial charge in [0.25, 0.3) is 11.8 Å². The Balaban J connectivity index is 2.13. The van der Waals surface area contributed by atoms with Gasteiger partial charge in [0, 0.05) is 12.6 Å². The molecule has 0 atom stereocenters. The number of amides is 2. The fourth-order valence-electron chi connectivity index (χ4n) is 1.69. The summed E-state index contributed by atoms with van der Waals surface area (Å²) in [6.07, 6.45) is 9.64. The zero-order valence-electron chi connectivity index (χ0n) is 11.4. The van der Waals surface area contributed by atoms with Gasteiger partial charge in [-0.1, -0.05) is 44.8 Å². The summed E-state index contributed by atoms with van der Waals surface area (Å²) in [5, 5.41) is 5.15. The van der Waals surface area contributed by atoms with Gasteiger partial charge in [-0.15, -0.1) is 0 Å². The molecule has 0 radical (unpaired) electrons. The van der Waals surface area contributed by atoms with Crippen molar-refractivity contribution in [3.05, 3.63) is 17.5 Å². The molecule has 1 heterocycles. The molecule has 1 rings (SSSR count). The fraction of sp³-hybridized carbons (Fsp3) is 0.571. The molecule has 0 saturated carbocycles. The molecule has 0 fully saturated rings. The number of unbranched alkanes of at least 4 members (excludes halogenated alkanes) is 5. The van der Waals surface area contributed by atoms with Crippen LogP contribution in [-0.2, 0) is 9.59 Å². The van der Waals surface area contributed by atoms with Crippen molar-refractivity contribution in [1.29, 1.82) is 0 Å². The summed E-state index contributed by atoms with van der Waals surface area (Å²) in [7, 11) is 0. The second kappa shape index (κ2) is 9.11. The average Bonchev–Trinajstić information content (AvgIpc) is 2.81. The first kappa shape index (κ1) is 15.2. The van der Waals surface area contributed by atoms with E-state index in [0.717, 1.165) is 12.8 Å². The van der Waals surface area contributed by atoms with Crippen molar-refractivity contribution in [2.24, 2.45) is 4.99 Å². The Morgan fingerprint density at radius 2 is 2.11 bits per heavy atom. The normalized spacial score (nSPS) is 13.1. The molecule has 0 unspecified atom stereocenters. The first-order valence-corrected chi connectivity index (χ1v) is 6.82. The SMILES string of the molecule is CCCCCCCCNC(=O)C=C=C1N=CNC1=O. The van der Waals surface area contributed by atoms with E-state index in [1.165, 1.54) is 38.1 Å². The van der Waals surface area contributed by atoms with Crippen LogP contribution in [-0.4, -0.2) is 24.7 Å². The van der Waals surface area contributed by atoms with E-state index >= 15 is 0 Å². The molecular formula is C14H21N3O2. The van der Waals surface area contributed by atoms with Gasteiger partial charge in [0.05, 0.1) is 6.34 Å². The van der Waals surface area contributed by atoms with Crippen molar-refractivity contribution in [2.75, 3.05) is 6.54 Å². The molecule has 5 nitrogen and oxygen atoms in total. The van der Waals surface area contributed by atoms with E-state index in [4.69, 9.17) is 0 Å². The van der Waals surface area contributed by atoms with Crippen LogP contribution < -0.4 is 10.6 Å². The van der Waals surface area contributed by atoms with Crippen LogP contribution in [0.25, 0.3) is 0 Å². The van der Waals surface area contributed by atoms with E-state index in [-0.39, 0.29) is 17.5 Å². The van der Waals surface area contributed by atoms with Crippen LogP contribution in [0.5, 0.6) is 0 Å². The summed E-state index contributed by atoms with van der Waals surface area (Å²) in [6, 6.07) is 0. The average molecular weight is 263 g/mol. The van der Waals surface area contributed by atoms with E-state index < -0.39 is 0 Å². The van der Waals surface area contributed by atoms with Gasteiger partial charge in [0.1, 0.15) is 0 Å². The van der Waals surface area contributed by atoms with E-state index in [9.17, 15) is 9.59 Å². The smallest absolute Gasteiger partial charge is 0.283 e. The van der Waals surface area contributed by atoms with Crippen LogP contribution in [0.4, 0.5) is 0 Å². The number of nitrogens with one attached hydrogen (secondary N) is 2. The highest BCUT2D eigenvalue weighted by molar-refractivity contribution is 6.05. The maximum atomic E-state index is 11.4. The molecule has 1 aliphatic heterocycles. The molecule has 0 spiro atoms. The largest absolute Gasteiger partial charge is 0.352 e. The summed E-state index contributed by atoms with van der Waals surface area (Å²) in [4.78, 5) is 26.2. The highest BCUT2D eigenvalue weighted by Crippen LogP contribution is 2.04. The lowest BCUT2D eigenvalue weighted by atomic mass is 10.1. The lowest BCUT2D eigenvalue weighted by Gasteiger charge is -2.01. The van der Waals surface area contributed by atoms with Gasteiger partial charge < -0.3 is 10.6 Å². The molecular weight excluding hydrogens is 242 g/mol. The minimum atomic E-state index is -0.333. The van der Waals surface area contributed by atoms with E-state index in [1.807, 2.05) is 0 Å². The second-order valence-corrected chi connectivity index (χ2v) is 4.43. The fourth-order valence-corrected chi connectivity index (χ4v) is 1.69. The number of hydrogen-bond donors (Lipinski definition) is 2. The zero-order valence-corrected chi connectivity index (χ0v) is 11.4. The summed E-state index contributed by atoms with van der Waals surface area (Å²) < 4.78 is 0. The van der Waals surface area contributed by atoms with Crippen LogP contribution in [0.2, 0.25) is 0 Å². The Morgan fingerprint density at radius 1 is 1.37 bits per heavy atom. The molecule has 0 aromatic carbocycles. The first-order valence-electron chi connectivity index (χ1n) is 6.82. The third-order valence-corrected chi connectivity index (χ3v) is 2.77. The van der Waals surface area contributed by atoms with Crippen LogP contribution in [0, 0.1) is 0 Å². The third kappa shape index (κ3) is 6.58. The van der Waals surface area contributed by atoms with Gasteiger partial charge in [0.15, 0.2) is 5.70 Å². The molecule has 1 aliphatic rings. The molecule has 0 bridgehead atoms. The van der Waals surface area contributed by atoms with Crippen molar-refractivity contribution < 1.29 is 9.59 Å². The van der Waals surface area contributed by atoms with Crippen molar-refractivity contribution in [2.45, 2.75) is 45.4 Å². The van der Waals surface area contributed by atoms with E-state index in [0.29, 0.717) is 6.54 Å². The molecule has 2 N–H and O–H groups in total. The number of nitrogens with zero attached hydrogens (tertiary/aromatic N) is 1. The van der Waals surface area contributed by atoms with E-state index in [1.54, 1.807) is 0 Å². The zero-order chi connectivity index (χ0) is 13.9. The number of carbonyl (C=O) groups is 2. The lowest BCUT2D eigenvalue weighted by Crippen LogP contribution is -2.22. The van der Waals surface area contributed by atoms with Crippen LogP contribution in [0.15, 0.2) is 22.5 Å². The molecule has 19 heavy (non-hydrogen) atoms. The Labute approximate surface area is 113 Å². The molecule has 0 saturated heterocycles. The molecule has 2 amide bonds. The van der Waals surface area contributed by atoms with Gasteiger partial charge in [-0.25, -0.2) is 4.99 Å². The number of hydrogen-bond acceptors (Lipinski definition) is 3. The molecule has 0 aromatic rings. The molecule has 5 heteroatoms. The Bertz CT molecular complexity index is 407. The van der Waals surface area contributed by atoms with Gasteiger partial charge >= 0.3 is 0 Å². The van der Waals surface area contributed by atoms with Crippen molar-refractivity contribution in [1.82, 2.24) is 10.6 Å². The molecule has 0 aliphatic carbocycles. The second-order valence-electron chi connectivity index (χ2n) is 4.43. The predicted molar refractivity (Wildman–Crippen MR) is 74.6 cm³/mol. The lowest BCUT2D eigenvalue weighted by molar-refractivity contribution is -0.116. The summed E-state index contributed by atoms with van der Waals surface area (Å²) >= 11 is 0. The molecule has 0 aromatic heterocycles. The third-order valence-electron chi connectivity index (χ3n) is 2.77. The van der Waals surface area contributed by atoms with Gasteiger partial charge in [-0.05, 0) is 6.42 Å². The maximum absolute atomic E-state index is 11.4. The van der Waals surface area contributed by atoms with Crippen LogP contribution >= 0.6 is 0 Å². The van der Waals surface area contributed by atoms with Gasteiger partial charge in [0.2, 0.25) is 0 Å². The van der Waals surface area contributed by atoms with Crippen LogP contribution in [0.1, 0.15) is 45.4 Å². The topological polar surface area (TPSA) is 70.6 Å². The van der Waals surface area contributed by atoms with Crippen molar-refractivity contribution in [3.63, 3.8) is 0 Å². The minimum absolute atomic E-state index is 0.134. The number of rotatable bonds is 8. The minimum Gasteiger partial charge on any atom is -0.352 e. The predicted octanol–water partition coefficient (Wildman–Crippen LogP) is 1.66. The standard InChI is InChI=1S/C14H21N3O2/c1-2-3-4-5-6-7-10-15-13(18)9-8-12-14(19)17-11-16-12/h9,11H,2-7,10H2,1H3,(H,15,18)(H,16,17,19). The van der Waals surface area contributed by atoms with E-state index in [2.05, 4.69) is 28.3 Å². The monoisotopic (exact) mass is 263 g/mol. The Morgan fingerprint density at radius 3 is 2.79 bits per heavy atom. The quantitative estimate of drug-likeness (QED) is 0.397. The Kier molecular flexibility index (Phi) is 7.28. The van der Waals surface area contributed by atoms with Gasteiger partial charge in [-0.3, -0.25) is 9.59 Å². The number of carbonyl (C=O) groups excluding carboxylic acids is 2.